The molecule has 0 radical (unpaired) electrons. The van der Waals surface area contributed by atoms with Crippen LogP contribution < -0.4 is 0 Å². The summed E-state index contributed by atoms with van der Waals surface area (Å²) >= 11 is 0. The molecule has 0 aromatic heterocycles. The topological polar surface area (TPSA) is 151 Å². The molecule has 0 aliphatic rings. The number of hydrogen-bond donors (Lipinski definition) is 7. The van der Waals surface area contributed by atoms with E-state index in [0.29, 0.717) is 38.9 Å². The Morgan fingerprint density at radius 3 is 1.52 bits per heavy atom. The third-order valence-electron chi connectivity index (χ3n) is 5.46. The molecule has 0 aliphatic carbocycles. The summed E-state index contributed by atoms with van der Waals surface area (Å²) in [6.45, 7) is -1.30. The smallest absolute Gasteiger partial charge is 0.126 e. The van der Waals surface area contributed by atoms with Gasteiger partial charge in [-0.2, -0.15) is 0 Å². The van der Waals surface area contributed by atoms with Crippen LogP contribution in [0.2, 0.25) is 0 Å². The van der Waals surface area contributed by atoms with Crippen LogP contribution in [0.3, 0.4) is 0 Å². The van der Waals surface area contributed by atoms with Gasteiger partial charge in [-0.3, -0.25) is 0 Å². The Kier molecular flexibility index (Phi) is 8.26. The van der Waals surface area contributed by atoms with E-state index in [-0.39, 0.29) is 68.9 Å². The molecule has 0 saturated carbocycles. The van der Waals surface area contributed by atoms with Crippen molar-refractivity contribution in [1.29, 1.82) is 0 Å². The molecule has 3 aromatic rings. The molecule has 3 rings (SSSR count). The maximum atomic E-state index is 10.8. The summed E-state index contributed by atoms with van der Waals surface area (Å²) in [5.74, 6) is -0.223. The van der Waals surface area contributed by atoms with Crippen molar-refractivity contribution in [3.8, 4) is 17.2 Å². The molecule has 7 N–H and O–H groups in total. The fourth-order valence-corrected chi connectivity index (χ4v) is 3.71. The maximum absolute atomic E-state index is 10.8. The van der Waals surface area contributed by atoms with Gasteiger partial charge in [-0.1, -0.05) is 18.2 Å². The first-order valence-corrected chi connectivity index (χ1v) is 10.4. The number of phenols is 3. The molecular formula is C25H28O8. The van der Waals surface area contributed by atoms with Gasteiger partial charge in [0.05, 0.1) is 39.6 Å². The summed E-state index contributed by atoms with van der Waals surface area (Å²) in [7, 11) is 0. The molecule has 8 nitrogen and oxygen atoms in total. The van der Waals surface area contributed by atoms with Crippen LogP contribution in [-0.4, -0.2) is 35.7 Å². The van der Waals surface area contributed by atoms with Crippen molar-refractivity contribution >= 4 is 0 Å². The zero-order chi connectivity index (χ0) is 24.0. The highest BCUT2D eigenvalue weighted by Crippen LogP contribution is 2.32. The number of rotatable bonds is 10. The van der Waals surface area contributed by atoms with Crippen molar-refractivity contribution in [2.45, 2.75) is 46.1 Å². The molecule has 0 atom stereocenters. The zero-order valence-corrected chi connectivity index (χ0v) is 18.0. The second-order valence-electron chi connectivity index (χ2n) is 7.75. The number of para-hydroxylation sites is 1. The average Bonchev–Trinajstić information content (AvgIpc) is 2.83. The molecule has 176 valence electrons. The average molecular weight is 456 g/mol. The summed E-state index contributed by atoms with van der Waals surface area (Å²) in [4.78, 5) is 0. The van der Waals surface area contributed by atoms with Crippen LogP contribution in [0.5, 0.6) is 17.2 Å². The van der Waals surface area contributed by atoms with Crippen molar-refractivity contribution in [2.75, 3.05) is 0 Å². The Morgan fingerprint density at radius 2 is 0.970 bits per heavy atom. The van der Waals surface area contributed by atoms with Gasteiger partial charge >= 0.3 is 0 Å². The van der Waals surface area contributed by atoms with Gasteiger partial charge in [-0.25, -0.2) is 0 Å². The number of ether oxygens (including phenoxy) is 1. The lowest BCUT2D eigenvalue weighted by molar-refractivity contribution is 0.103. The predicted octanol–water partition coefficient (Wildman–Crippen LogP) is 2.08. The summed E-state index contributed by atoms with van der Waals surface area (Å²) in [5, 5.41) is 69.2. The quantitative estimate of drug-likeness (QED) is 0.245. The van der Waals surface area contributed by atoms with E-state index in [4.69, 9.17) is 4.74 Å². The summed E-state index contributed by atoms with van der Waals surface area (Å²) < 4.78 is 5.68. The number of aliphatic hydroxyl groups excluding tert-OH is 4. The lowest BCUT2D eigenvalue weighted by Crippen LogP contribution is -2.02. The minimum absolute atomic E-state index is 0.0351. The third kappa shape index (κ3) is 5.62. The third-order valence-corrected chi connectivity index (χ3v) is 5.46. The van der Waals surface area contributed by atoms with Crippen LogP contribution in [0, 0.1) is 0 Å². The number of aliphatic hydroxyl groups is 4. The van der Waals surface area contributed by atoms with Crippen LogP contribution >= 0.6 is 0 Å². The summed E-state index contributed by atoms with van der Waals surface area (Å²) in [6.07, 6.45) is 0.172. The second kappa shape index (κ2) is 11.1. The molecular weight excluding hydrogens is 428 g/mol. The molecule has 0 bridgehead atoms. The molecule has 33 heavy (non-hydrogen) atoms. The highest BCUT2D eigenvalue weighted by Gasteiger charge is 2.15. The van der Waals surface area contributed by atoms with Gasteiger partial charge in [-0.15, -0.1) is 0 Å². The lowest BCUT2D eigenvalue weighted by atomic mass is 9.97. The molecule has 0 spiro atoms. The Labute approximate surface area is 191 Å². The maximum Gasteiger partial charge on any atom is 0.126 e. The second-order valence-corrected chi connectivity index (χ2v) is 7.75. The fourth-order valence-electron chi connectivity index (χ4n) is 3.71. The summed E-state index contributed by atoms with van der Waals surface area (Å²) in [6, 6.07) is 11.3. The first kappa shape index (κ1) is 24.5. The van der Waals surface area contributed by atoms with Crippen LogP contribution in [0.25, 0.3) is 0 Å². The molecule has 0 amide bonds. The monoisotopic (exact) mass is 456 g/mol. The van der Waals surface area contributed by atoms with Crippen molar-refractivity contribution in [3.63, 3.8) is 0 Å². The first-order chi connectivity index (χ1) is 15.9. The number of benzene rings is 3. The van der Waals surface area contributed by atoms with E-state index >= 15 is 0 Å². The predicted molar refractivity (Wildman–Crippen MR) is 119 cm³/mol. The normalized spacial score (nSPS) is 11.2. The van der Waals surface area contributed by atoms with Gasteiger partial charge in [0.1, 0.15) is 17.2 Å². The van der Waals surface area contributed by atoms with Gasteiger partial charge in [0, 0.05) is 28.7 Å². The van der Waals surface area contributed by atoms with Gasteiger partial charge in [0.15, 0.2) is 0 Å². The molecule has 0 unspecified atom stereocenters. The van der Waals surface area contributed by atoms with Crippen LogP contribution in [-0.2, 0) is 50.8 Å². The molecule has 0 fully saturated rings. The highest BCUT2D eigenvalue weighted by atomic mass is 16.5. The SMILES string of the molecule is OCc1cc(CO)c(O)c(COCc2cc(CO)cc(Cc3cccc(CO)c3O)c2O)c1. The minimum Gasteiger partial charge on any atom is -0.507 e. The number of aromatic hydroxyl groups is 3. The van der Waals surface area contributed by atoms with Crippen molar-refractivity contribution < 1.29 is 40.5 Å². The first-order valence-electron chi connectivity index (χ1n) is 10.4. The zero-order valence-electron chi connectivity index (χ0n) is 18.0. The van der Waals surface area contributed by atoms with Crippen molar-refractivity contribution in [1.82, 2.24) is 0 Å². The molecule has 0 saturated heterocycles. The van der Waals surface area contributed by atoms with Gasteiger partial charge < -0.3 is 40.5 Å². The van der Waals surface area contributed by atoms with E-state index in [1.165, 1.54) is 6.07 Å². The van der Waals surface area contributed by atoms with Crippen LogP contribution in [0.1, 0.15) is 44.5 Å². The molecule has 3 aromatic carbocycles. The summed E-state index contributed by atoms with van der Waals surface area (Å²) in [5.41, 5.74) is 3.50. The number of phenolic OH excluding ortho intramolecular Hbond substituents is 1. The Bertz CT molecular complexity index is 1110. The van der Waals surface area contributed by atoms with E-state index in [2.05, 4.69) is 0 Å². The minimum atomic E-state index is -0.389. The lowest BCUT2D eigenvalue weighted by Gasteiger charge is -2.15. The van der Waals surface area contributed by atoms with E-state index in [9.17, 15) is 35.7 Å². The largest absolute Gasteiger partial charge is 0.507 e. The van der Waals surface area contributed by atoms with E-state index in [1.807, 2.05) is 0 Å². The van der Waals surface area contributed by atoms with Gasteiger partial charge in [-0.05, 0) is 46.5 Å². The van der Waals surface area contributed by atoms with Crippen molar-refractivity contribution in [3.05, 3.63) is 87.0 Å². The van der Waals surface area contributed by atoms with E-state index in [1.54, 1.807) is 36.4 Å². The Hall–Kier alpha value is -3.14. The van der Waals surface area contributed by atoms with E-state index < -0.39 is 0 Å². The van der Waals surface area contributed by atoms with Gasteiger partial charge in [0.25, 0.3) is 0 Å². The van der Waals surface area contributed by atoms with Crippen LogP contribution in [0.15, 0.2) is 42.5 Å². The molecule has 0 heterocycles. The Morgan fingerprint density at radius 1 is 0.515 bits per heavy atom. The molecule has 8 heteroatoms. The van der Waals surface area contributed by atoms with E-state index in [0.717, 1.165) is 0 Å². The van der Waals surface area contributed by atoms with Crippen LogP contribution in [0.4, 0.5) is 0 Å². The van der Waals surface area contributed by atoms with Gasteiger partial charge in [0.2, 0.25) is 0 Å². The standard InChI is InChI=1S/C25H28O8/c26-9-15-4-19(8-17-2-1-3-18(11-28)23(17)30)24(31)21(6-15)13-33-14-22-7-16(10-27)5-20(12-29)25(22)32/h1-7,26-32H,8-14H2. The highest BCUT2D eigenvalue weighted by molar-refractivity contribution is 5.49. The van der Waals surface area contributed by atoms with Crippen molar-refractivity contribution in [2.24, 2.45) is 0 Å². The fraction of sp³-hybridized carbons (Fsp3) is 0.280. The Balaban J connectivity index is 1.82. The molecule has 0 aliphatic heterocycles. The number of hydrogen-bond acceptors (Lipinski definition) is 8.